The number of hydrogen-bond donors (Lipinski definition) is 0. The second-order valence-corrected chi connectivity index (χ2v) is 10.6. The number of rotatable bonds is 5. The van der Waals surface area contributed by atoms with Crippen molar-refractivity contribution in [1.29, 1.82) is 0 Å². The van der Waals surface area contributed by atoms with Crippen molar-refractivity contribution in [1.82, 2.24) is 4.90 Å². The molecule has 0 fully saturated rings. The number of allylic oxidation sites excluding steroid dienone is 4. The molecule has 0 radical (unpaired) electrons. The molecule has 0 bridgehead atoms. The first kappa shape index (κ1) is 28.2. The summed E-state index contributed by atoms with van der Waals surface area (Å²) < 4.78 is 44.9. The van der Waals surface area contributed by atoms with Crippen LogP contribution in [0.4, 0.5) is 18.9 Å². The van der Waals surface area contributed by atoms with Crippen molar-refractivity contribution in [2.75, 3.05) is 6.54 Å². The highest BCUT2D eigenvalue weighted by Crippen LogP contribution is 2.51. The van der Waals surface area contributed by atoms with Gasteiger partial charge < -0.3 is 9.64 Å². The van der Waals surface area contributed by atoms with E-state index in [0.29, 0.717) is 73.9 Å². The van der Waals surface area contributed by atoms with Crippen LogP contribution in [0.1, 0.15) is 62.5 Å². The molecule has 12 heteroatoms. The van der Waals surface area contributed by atoms with Gasteiger partial charge in [0.05, 0.1) is 20.5 Å². The minimum Gasteiger partial charge on any atom is -0.447 e. The zero-order valence-electron chi connectivity index (χ0n) is 21.2. The Labute approximate surface area is 237 Å². The topological polar surface area (TPSA) is 89.8 Å². The van der Waals surface area contributed by atoms with Crippen molar-refractivity contribution < 1.29 is 32.4 Å². The first-order valence-electron chi connectivity index (χ1n) is 12.7. The van der Waals surface area contributed by atoms with Crippen molar-refractivity contribution in [3.63, 3.8) is 0 Å². The number of carbonyl (C=O) groups is 2. The molecule has 5 rings (SSSR count). The molecule has 3 aliphatic rings. The van der Waals surface area contributed by atoms with Crippen molar-refractivity contribution >= 4 is 40.5 Å². The van der Waals surface area contributed by atoms with Crippen LogP contribution in [-0.2, 0) is 15.8 Å². The monoisotopic (exact) mass is 594 g/mol. The summed E-state index contributed by atoms with van der Waals surface area (Å²) in [6.45, 7) is 2.60. The Morgan fingerprint density at radius 2 is 1.52 bits per heavy atom. The summed E-state index contributed by atoms with van der Waals surface area (Å²) in [5.41, 5.74) is 1.24. The van der Waals surface area contributed by atoms with E-state index in [2.05, 4.69) is 4.90 Å². The van der Waals surface area contributed by atoms with Crippen LogP contribution in [0.3, 0.4) is 0 Å². The molecule has 0 saturated heterocycles. The summed E-state index contributed by atoms with van der Waals surface area (Å²) in [5, 5.41) is 11.4. The summed E-state index contributed by atoms with van der Waals surface area (Å²) in [7, 11) is 0. The van der Waals surface area contributed by atoms with Gasteiger partial charge in [-0.3, -0.25) is 19.7 Å². The van der Waals surface area contributed by atoms with Crippen molar-refractivity contribution in [2.24, 2.45) is 0 Å². The zero-order valence-corrected chi connectivity index (χ0v) is 22.8. The van der Waals surface area contributed by atoms with E-state index in [1.807, 2.05) is 6.92 Å². The first-order chi connectivity index (χ1) is 18.9. The largest absolute Gasteiger partial charge is 0.447 e. The Bertz CT molecular complexity index is 1450. The zero-order chi connectivity index (χ0) is 28.9. The second kappa shape index (κ2) is 10.6. The van der Waals surface area contributed by atoms with Crippen LogP contribution < -0.4 is 4.74 Å². The van der Waals surface area contributed by atoms with E-state index in [1.54, 1.807) is 0 Å². The lowest BCUT2D eigenvalue weighted by Gasteiger charge is -2.43. The lowest BCUT2D eigenvalue weighted by molar-refractivity contribution is -0.385. The van der Waals surface area contributed by atoms with Gasteiger partial charge in [-0.15, -0.1) is 0 Å². The van der Waals surface area contributed by atoms with Crippen molar-refractivity contribution in [3.8, 4) is 11.5 Å². The molecular weight excluding hydrogens is 572 g/mol. The molecule has 210 valence electrons. The van der Waals surface area contributed by atoms with E-state index >= 15 is 0 Å². The van der Waals surface area contributed by atoms with Crippen molar-refractivity contribution in [2.45, 2.75) is 57.5 Å². The minimum absolute atomic E-state index is 0.0532. The summed E-state index contributed by atoms with van der Waals surface area (Å²) in [6.07, 6.45) is -1.29. The van der Waals surface area contributed by atoms with Gasteiger partial charge in [-0.2, -0.15) is 13.2 Å². The van der Waals surface area contributed by atoms with Gasteiger partial charge in [-0.1, -0.05) is 23.2 Å². The van der Waals surface area contributed by atoms with Crippen LogP contribution in [0.2, 0.25) is 10.0 Å². The number of nitrogens with zero attached hydrogens (tertiary/aromatic N) is 2. The predicted molar refractivity (Wildman–Crippen MR) is 142 cm³/mol. The molecule has 7 nitrogen and oxygen atoms in total. The molecule has 2 aromatic rings. The molecule has 0 aromatic heterocycles. The Morgan fingerprint density at radius 3 is 2.00 bits per heavy atom. The number of benzene rings is 2. The number of ether oxygens (including phenoxy) is 1. The molecule has 0 N–H and O–H groups in total. The third-order valence-electron chi connectivity index (χ3n) is 7.45. The Kier molecular flexibility index (Phi) is 7.43. The highest BCUT2D eigenvalue weighted by Gasteiger charge is 2.43. The number of nitro groups is 1. The van der Waals surface area contributed by atoms with Crippen LogP contribution in [0.25, 0.3) is 0 Å². The van der Waals surface area contributed by atoms with Crippen LogP contribution in [-0.4, -0.2) is 27.9 Å². The van der Waals surface area contributed by atoms with E-state index in [-0.39, 0.29) is 27.4 Å². The Morgan fingerprint density at radius 1 is 0.975 bits per heavy atom. The lowest BCUT2D eigenvalue weighted by atomic mass is 9.71. The number of alkyl halides is 3. The van der Waals surface area contributed by atoms with Crippen LogP contribution in [0, 0.1) is 10.1 Å². The van der Waals surface area contributed by atoms with E-state index in [0.717, 1.165) is 17.5 Å². The number of Topliss-reactive ketones (excluding diaryl/α,β-unsaturated/α-hetero) is 2. The molecule has 0 spiro atoms. The molecule has 0 amide bonds. The standard InChI is InChI=1S/C28H23Cl2F3N2O5/c1-2-34-18-5-3-7-21(36)25(18)24(26-19(34)6-4-8-22(26)37)14-11-16(29)27(17(30)12-14)40-23-10-9-15(28(31,32)33)13-20(23)35(38)39/h9-13,24H,2-8H2,1H3. The molecule has 2 aliphatic carbocycles. The van der Waals surface area contributed by atoms with Gasteiger partial charge in [0.25, 0.3) is 0 Å². The minimum atomic E-state index is -4.79. The van der Waals surface area contributed by atoms with Crippen LogP contribution in [0.15, 0.2) is 52.9 Å². The number of carbonyl (C=O) groups excluding carboxylic acids is 2. The number of ketones is 2. The maximum Gasteiger partial charge on any atom is 0.416 e. The Balaban J connectivity index is 1.61. The fraction of sp³-hybridized carbons (Fsp3) is 0.357. The molecule has 0 saturated carbocycles. The first-order valence-corrected chi connectivity index (χ1v) is 13.5. The fourth-order valence-corrected chi connectivity index (χ4v) is 6.39. The number of halogens is 5. The molecule has 1 heterocycles. The number of nitro benzene ring substituents is 1. The van der Waals surface area contributed by atoms with Gasteiger partial charge >= 0.3 is 11.9 Å². The average molecular weight is 595 g/mol. The number of hydrogen-bond acceptors (Lipinski definition) is 6. The van der Waals surface area contributed by atoms with Gasteiger partial charge in [0, 0.05) is 53.9 Å². The molecule has 2 aromatic carbocycles. The quantitative estimate of drug-likeness (QED) is 0.256. The lowest BCUT2D eigenvalue weighted by Crippen LogP contribution is -2.39. The molecule has 0 atom stereocenters. The summed E-state index contributed by atoms with van der Waals surface area (Å²) >= 11 is 13.1. The molecule has 40 heavy (non-hydrogen) atoms. The normalized spacial score (nSPS) is 18.2. The SMILES string of the molecule is CCN1C2=C(C(=O)CCC2)C(c2cc(Cl)c(Oc3ccc(C(F)(F)F)cc3[N+](=O)[O-])c(Cl)c2)C2=C1CCCC2=O. The molecule has 0 unspecified atom stereocenters. The fourth-order valence-electron chi connectivity index (χ4n) is 5.81. The average Bonchev–Trinajstić information content (AvgIpc) is 2.89. The Hall–Kier alpha value is -3.37. The highest BCUT2D eigenvalue weighted by molar-refractivity contribution is 6.37. The van der Waals surface area contributed by atoms with Gasteiger partial charge in [0.1, 0.15) is 0 Å². The van der Waals surface area contributed by atoms with Crippen LogP contribution >= 0.6 is 23.2 Å². The van der Waals surface area contributed by atoms with E-state index in [1.165, 1.54) is 12.1 Å². The third-order valence-corrected chi connectivity index (χ3v) is 8.01. The van der Waals surface area contributed by atoms with E-state index in [9.17, 15) is 32.9 Å². The second-order valence-electron chi connectivity index (χ2n) is 9.80. The molecular formula is C28H23Cl2F3N2O5. The third kappa shape index (κ3) is 4.88. The van der Waals surface area contributed by atoms with E-state index in [4.69, 9.17) is 27.9 Å². The van der Waals surface area contributed by atoms with E-state index < -0.39 is 34.0 Å². The smallest absolute Gasteiger partial charge is 0.416 e. The summed E-state index contributed by atoms with van der Waals surface area (Å²) in [4.78, 5) is 39.2. The van der Waals surface area contributed by atoms with Crippen LogP contribution in [0.5, 0.6) is 11.5 Å². The van der Waals surface area contributed by atoms with Crippen molar-refractivity contribution in [3.05, 3.63) is 84.2 Å². The summed E-state index contributed by atoms with van der Waals surface area (Å²) in [5.74, 6) is -1.47. The maximum atomic E-state index is 13.3. The van der Waals surface area contributed by atoms with Gasteiger partial charge in [0.15, 0.2) is 17.3 Å². The van der Waals surface area contributed by atoms with Gasteiger partial charge in [-0.05, 0) is 62.4 Å². The van der Waals surface area contributed by atoms with Gasteiger partial charge in [0.2, 0.25) is 5.75 Å². The molecule has 1 aliphatic heterocycles. The predicted octanol–water partition coefficient (Wildman–Crippen LogP) is 8.15. The van der Waals surface area contributed by atoms with Gasteiger partial charge in [-0.25, -0.2) is 0 Å². The summed E-state index contributed by atoms with van der Waals surface area (Å²) in [6, 6.07) is 4.84. The maximum absolute atomic E-state index is 13.3. The highest BCUT2D eigenvalue weighted by atomic mass is 35.5.